The fourth-order valence-electron chi connectivity index (χ4n) is 2.87. The van der Waals surface area contributed by atoms with Crippen LogP contribution in [0, 0.1) is 17.0 Å². The molecule has 9 nitrogen and oxygen atoms in total. The van der Waals surface area contributed by atoms with Crippen LogP contribution in [0.3, 0.4) is 0 Å². The fourth-order valence-corrected chi connectivity index (χ4v) is 3.93. The van der Waals surface area contributed by atoms with Crippen LogP contribution in [0.5, 0.6) is 0 Å². The van der Waals surface area contributed by atoms with Gasteiger partial charge in [-0.2, -0.15) is 9.61 Å². The minimum atomic E-state index is -0.572. The third kappa shape index (κ3) is 3.62. The Morgan fingerprint density at radius 3 is 2.80 bits per heavy atom. The Bertz CT molecular complexity index is 1300. The zero-order valence-corrected chi connectivity index (χ0v) is 17.5. The first-order chi connectivity index (χ1) is 14.4. The number of carbonyl (C=O) groups excluding carboxylic acids is 1. The topological polar surface area (TPSA) is 115 Å². The SMILES string of the molecule is CCc1nnc2sc(-c3ccc(C)c(NC(=O)c4cc([N+](=O)[O-])ccc4Cl)c3)nn12. The molecule has 4 rings (SSSR count). The number of hydrogen-bond donors (Lipinski definition) is 1. The second-order valence-electron chi connectivity index (χ2n) is 6.48. The average molecular weight is 443 g/mol. The number of amides is 1. The molecule has 1 amide bonds. The number of non-ortho nitro benzene ring substituents is 1. The Labute approximate surface area is 179 Å². The van der Waals surface area contributed by atoms with Gasteiger partial charge in [0.05, 0.1) is 15.5 Å². The minimum Gasteiger partial charge on any atom is -0.322 e. The van der Waals surface area contributed by atoms with Crippen molar-refractivity contribution < 1.29 is 9.72 Å². The van der Waals surface area contributed by atoms with E-state index in [4.69, 9.17) is 11.6 Å². The number of nitrogens with one attached hydrogen (secondary N) is 1. The van der Waals surface area contributed by atoms with Gasteiger partial charge in [0.1, 0.15) is 5.01 Å². The maximum Gasteiger partial charge on any atom is 0.270 e. The van der Waals surface area contributed by atoms with Crippen LogP contribution < -0.4 is 5.32 Å². The molecule has 0 spiro atoms. The molecular weight excluding hydrogens is 428 g/mol. The first-order valence-corrected chi connectivity index (χ1v) is 10.1. The molecular formula is C19H15ClN6O3S. The average Bonchev–Trinajstić information content (AvgIpc) is 3.30. The van der Waals surface area contributed by atoms with Gasteiger partial charge >= 0.3 is 0 Å². The smallest absolute Gasteiger partial charge is 0.270 e. The van der Waals surface area contributed by atoms with Gasteiger partial charge in [0.15, 0.2) is 5.82 Å². The highest BCUT2D eigenvalue weighted by Crippen LogP contribution is 2.30. The Morgan fingerprint density at radius 1 is 1.27 bits per heavy atom. The van der Waals surface area contributed by atoms with E-state index in [2.05, 4.69) is 20.6 Å². The van der Waals surface area contributed by atoms with Gasteiger partial charge in [0.2, 0.25) is 4.96 Å². The van der Waals surface area contributed by atoms with Crippen molar-refractivity contribution in [2.45, 2.75) is 20.3 Å². The van der Waals surface area contributed by atoms with Crippen molar-refractivity contribution in [2.75, 3.05) is 5.32 Å². The molecule has 0 aliphatic heterocycles. The van der Waals surface area contributed by atoms with Crippen molar-refractivity contribution in [3.05, 3.63) is 68.5 Å². The van der Waals surface area contributed by atoms with E-state index in [1.807, 2.05) is 26.0 Å². The summed E-state index contributed by atoms with van der Waals surface area (Å²) >= 11 is 7.48. The summed E-state index contributed by atoms with van der Waals surface area (Å²) in [5.41, 5.74) is 2.01. The van der Waals surface area contributed by atoms with Gasteiger partial charge in [-0.25, -0.2) is 0 Å². The lowest BCUT2D eigenvalue weighted by Crippen LogP contribution is -2.13. The largest absolute Gasteiger partial charge is 0.322 e. The Balaban J connectivity index is 1.66. The molecule has 2 heterocycles. The van der Waals surface area contributed by atoms with Crippen molar-refractivity contribution in [3.8, 4) is 10.6 Å². The second kappa shape index (κ2) is 7.81. The second-order valence-corrected chi connectivity index (χ2v) is 7.84. The van der Waals surface area contributed by atoms with E-state index >= 15 is 0 Å². The number of anilines is 1. The van der Waals surface area contributed by atoms with E-state index in [0.29, 0.717) is 17.1 Å². The highest BCUT2D eigenvalue weighted by molar-refractivity contribution is 7.19. The van der Waals surface area contributed by atoms with Crippen LogP contribution >= 0.6 is 22.9 Å². The van der Waals surface area contributed by atoms with Crippen LogP contribution in [0.15, 0.2) is 36.4 Å². The van der Waals surface area contributed by atoms with E-state index in [0.717, 1.165) is 28.0 Å². The highest BCUT2D eigenvalue weighted by atomic mass is 35.5. The Kier molecular flexibility index (Phi) is 5.18. The number of nitro groups is 1. The maximum atomic E-state index is 12.7. The molecule has 0 fully saturated rings. The van der Waals surface area contributed by atoms with Crippen molar-refractivity contribution in [1.29, 1.82) is 0 Å². The van der Waals surface area contributed by atoms with Gasteiger partial charge in [-0.3, -0.25) is 14.9 Å². The third-order valence-electron chi connectivity index (χ3n) is 4.51. The number of rotatable bonds is 5. The number of aryl methyl sites for hydroxylation is 2. The van der Waals surface area contributed by atoms with Crippen LogP contribution in [0.4, 0.5) is 11.4 Å². The lowest BCUT2D eigenvalue weighted by atomic mass is 10.1. The summed E-state index contributed by atoms with van der Waals surface area (Å²) in [6, 6.07) is 9.32. The van der Waals surface area contributed by atoms with Gasteiger partial charge in [0, 0.05) is 29.8 Å². The molecule has 0 saturated heterocycles. The van der Waals surface area contributed by atoms with Crippen molar-refractivity contribution >= 4 is 45.2 Å². The first-order valence-electron chi connectivity index (χ1n) is 8.94. The van der Waals surface area contributed by atoms with Crippen LogP contribution in [0.25, 0.3) is 15.5 Å². The summed E-state index contributed by atoms with van der Waals surface area (Å²) < 4.78 is 1.71. The number of aromatic nitrogens is 4. The molecule has 2 aromatic heterocycles. The Hall–Kier alpha value is -3.37. The molecule has 0 unspecified atom stereocenters. The molecule has 0 aliphatic carbocycles. The summed E-state index contributed by atoms with van der Waals surface area (Å²) in [7, 11) is 0. The molecule has 152 valence electrons. The van der Waals surface area contributed by atoms with Gasteiger partial charge in [-0.15, -0.1) is 10.2 Å². The zero-order chi connectivity index (χ0) is 21.4. The summed E-state index contributed by atoms with van der Waals surface area (Å²) in [5.74, 6) is 0.240. The molecule has 0 bridgehead atoms. The Morgan fingerprint density at radius 2 is 2.07 bits per heavy atom. The quantitative estimate of drug-likeness (QED) is 0.358. The van der Waals surface area contributed by atoms with Gasteiger partial charge in [-0.05, 0) is 24.6 Å². The molecule has 2 aromatic carbocycles. The summed E-state index contributed by atoms with van der Waals surface area (Å²) in [4.78, 5) is 23.9. The summed E-state index contributed by atoms with van der Waals surface area (Å²) in [5, 5.41) is 27.4. The van der Waals surface area contributed by atoms with Crippen LogP contribution in [-0.4, -0.2) is 30.6 Å². The number of hydrogen-bond acceptors (Lipinski definition) is 7. The van der Waals surface area contributed by atoms with Gasteiger partial charge in [0.25, 0.3) is 11.6 Å². The molecule has 4 aromatic rings. The highest BCUT2D eigenvalue weighted by Gasteiger charge is 2.18. The van der Waals surface area contributed by atoms with Crippen molar-refractivity contribution in [2.24, 2.45) is 0 Å². The van der Waals surface area contributed by atoms with Crippen molar-refractivity contribution in [3.63, 3.8) is 0 Å². The normalized spacial score (nSPS) is 11.0. The summed E-state index contributed by atoms with van der Waals surface area (Å²) in [6.45, 7) is 3.83. The van der Waals surface area contributed by atoms with Crippen LogP contribution in [0.2, 0.25) is 5.02 Å². The number of benzene rings is 2. The van der Waals surface area contributed by atoms with E-state index in [-0.39, 0.29) is 16.3 Å². The standard InChI is InChI=1S/C19H15ClN6O3S/c1-3-16-22-23-19-25(16)24-18(30-19)11-5-4-10(2)15(8-11)21-17(27)13-9-12(26(28)29)6-7-14(13)20/h4-9H,3H2,1-2H3,(H,21,27). The van der Waals surface area contributed by atoms with E-state index in [1.165, 1.54) is 23.5 Å². The molecule has 0 atom stereocenters. The number of nitrogens with zero attached hydrogens (tertiary/aromatic N) is 5. The summed E-state index contributed by atoms with van der Waals surface area (Å²) in [6.07, 6.45) is 0.712. The lowest BCUT2D eigenvalue weighted by Gasteiger charge is -2.11. The molecule has 0 saturated carbocycles. The van der Waals surface area contributed by atoms with Crippen molar-refractivity contribution in [1.82, 2.24) is 19.8 Å². The lowest BCUT2D eigenvalue weighted by molar-refractivity contribution is -0.384. The number of carbonyl (C=O) groups is 1. The van der Waals surface area contributed by atoms with Gasteiger partial charge in [-0.1, -0.05) is 42.0 Å². The maximum absolute atomic E-state index is 12.7. The molecule has 11 heteroatoms. The predicted molar refractivity (Wildman–Crippen MR) is 114 cm³/mol. The molecule has 30 heavy (non-hydrogen) atoms. The van der Waals surface area contributed by atoms with Crippen LogP contribution in [-0.2, 0) is 6.42 Å². The zero-order valence-electron chi connectivity index (χ0n) is 15.9. The predicted octanol–water partition coefficient (Wildman–Crippen LogP) is 4.54. The monoisotopic (exact) mass is 442 g/mol. The van der Waals surface area contributed by atoms with Crippen LogP contribution in [0.1, 0.15) is 28.7 Å². The fraction of sp³-hybridized carbons (Fsp3) is 0.158. The number of fused-ring (bicyclic) bond motifs is 1. The first kappa shape index (κ1) is 19.9. The third-order valence-corrected chi connectivity index (χ3v) is 5.79. The number of halogens is 1. The van der Waals surface area contributed by atoms with E-state index in [9.17, 15) is 14.9 Å². The van der Waals surface area contributed by atoms with Gasteiger partial charge < -0.3 is 5.32 Å². The van der Waals surface area contributed by atoms with E-state index in [1.54, 1.807) is 10.6 Å². The minimum absolute atomic E-state index is 0.0297. The molecule has 0 radical (unpaired) electrons. The molecule has 0 aliphatic rings. The number of nitro benzene ring substituents is 1. The molecule has 1 N–H and O–H groups in total. The van der Waals surface area contributed by atoms with E-state index < -0.39 is 10.8 Å².